The molecule has 7 heteroatoms. The second kappa shape index (κ2) is 4.64. The minimum atomic E-state index is -0.486. The molecule has 0 spiro atoms. The van der Waals surface area contributed by atoms with E-state index in [1.807, 2.05) is 19.1 Å². The topological polar surface area (TPSA) is 83.5 Å². The molecule has 3 rings (SSSR count). The average Bonchev–Trinajstić information content (AvgIpc) is 2.85. The molecule has 6 nitrogen and oxygen atoms in total. The maximum atomic E-state index is 11.8. The van der Waals surface area contributed by atoms with E-state index >= 15 is 0 Å². The van der Waals surface area contributed by atoms with E-state index < -0.39 is 11.2 Å². The first-order chi connectivity index (χ1) is 9.61. The Bertz CT molecular complexity index is 907. The molecular formula is C13H11ClN4O2. The van der Waals surface area contributed by atoms with E-state index in [4.69, 9.17) is 11.6 Å². The lowest BCUT2D eigenvalue weighted by atomic mass is 10.2. The average molecular weight is 291 g/mol. The molecule has 2 heterocycles. The van der Waals surface area contributed by atoms with Crippen molar-refractivity contribution in [1.29, 1.82) is 0 Å². The molecule has 0 saturated heterocycles. The van der Waals surface area contributed by atoms with Crippen molar-refractivity contribution in [3.05, 3.63) is 50.1 Å². The van der Waals surface area contributed by atoms with Crippen LogP contribution in [0.2, 0.25) is 5.02 Å². The Hall–Kier alpha value is -2.34. The molecule has 3 aromatic rings. The smallest absolute Gasteiger partial charge is 0.330 e. The zero-order valence-corrected chi connectivity index (χ0v) is 11.4. The Morgan fingerprint density at radius 3 is 2.70 bits per heavy atom. The summed E-state index contributed by atoms with van der Waals surface area (Å²) in [5.74, 6) is 0.462. The number of rotatable bonds is 2. The Balaban J connectivity index is 2.37. The van der Waals surface area contributed by atoms with E-state index in [1.165, 1.54) is 4.57 Å². The summed E-state index contributed by atoms with van der Waals surface area (Å²) in [6, 6.07) is 7.17. The molecular weight excluding hydrogens is 280 g/mol. The van der Waals surface area contributed by atoms with Crippen LogP contribution in [0.25, 0.3) is 22.6 Å². The van der Waals surface area contributed by atoms with E-state index in [0.717, 1.165) is 0 Å². The first-order valence-electron chi connectivity index (χ1n) is 6.09. The molecule has 0 bridgehead atoms. The number of imidazole rings is 1. The summed E-state index contributed by atoms with van der Waals surface area (Å²) < 4.78 is 1.40. The number of benzene rings is 1. The van der Waals surface area contributed by atoms with Crippen molar-refractivity contribution in [3.8, 4) is 11.4 Å². The highest BCUT2D eigenvalue weighted by molar-refractivity contribution is 6.33. The molecule has 1 aromatic carbocycles. The number of aromatic nitrogens is 4. The summed E-state index contributed by atoms with van der Waals surface area (Å²) in [7, 11) is 0. The number of H-pyrrole nitrogens is 2. The maximum Gasteiger partial charge on any atom is 0.330 e. The van der Waals surface area contributed by atoms with Gasteiger partial charge in [-0.1, -0.05) is 23.7 Å². The number of nitrogens with zero attached hydrogens (tertiary/aromatic N) is 2. The number of fused-ring (bicyclic) bond motifs is 1. The molecule has 0 atom stereocenters. The van der Waals surface area contributed by atoms with Gasteiger partial charge in [-0.3, -0.25) is 14.3 Å². The zero-order valence-electron chi connectivity index (χ0n) is 10.6. The summed E-state index contributed by atoms with van der Waals surface area (Å²) in [4.78, 5) is 33.1. The highest BCUT2D eigenvalue weighted by Gasteiger charge is 2.14. The summed E-state index contributed by atoms with van der Waals surface area (Å²) in [6.45, 7) is 2.22. The normalized spacial score (nSPS) is 11.1. The van der Waals surface area contributed by atoms with Gasteiger partial charge in [-0.05, 0) is 19.1 Å². The van der Waals surface area contributed by atoms with E-state index in [0.29, 0.717) is 28.6 Å². The van der Waals surface area contributed by atoms with Crippen molar-refractivity contribution in [1.82, 2.24) is 19.5 Å². The van der Waals surface area contributed by atoms with Crippen molar-refractivity contribution >= 4 is 22.8 Å². The van der Waals surface area contributed by atoms with Crippen LogP contribution in [0.5, 0.6) is 0 Å². The van der Waals surface area contributed by atoms with Gasteiger partial charge < -0.3 is 4.98 Å². The minimum absolute atomic E-state index is 0.265. The number of halogens is 1. The van der Waals surface area contributed by atoms with Gasteiger partial charge in [0.15, 0.2) is 5.65 Å². The van der Waals surface area contributed by atoms with E-state index in [-0.39, 0.29) is 5.52 Å². The van der Waals surface area contributed by atoms with Gasteiger partial charge in [0.1, 0.15) is 11.3 Å². The molecule has 0 fully saturated rings. The first-order valence-corrected chi connectivity index (χ1v) is 6.47. The lowest BCUT2D eigenvalue weighted by Crippen LogP contribution is -2.29. The molecule has 0 saturated carbocycles. The first kappa shape index (κ1) is 12.7. The third-order valence-electron chi connectivity index (χ3n) is 3.08. The molecule has 0 aliphatic rings. The van der Waals surface area contributed by atoms with Gasteiger partial charge in [0.05, 0.1) is 5.02 Å². The SMILES string of the molecule is CCn1c(=O)[nH]c(=O)c2[nH]c(-c3ccccc3Cl)nc21. The molecule has 0 amide bonds. The van der Waals surface area contributed by atoms with Gasteiger partial charge in [-0.25, -0.2) is 9.78 Å². The van der Waals surface area contributed by atoms with Crippen LogP contribution in [0.15, 0.2) is 33.9 Å². The Labute approximate surface area is 118 Å². The van der Waals surface area contributed by atoms with Gasteiger partial charge in [0.25, 0.3) is 5.56 Å². The van der Waals surface area contributed by atoms with Crippen LogP contribution in [-0.2, 0) is 6.54 Å². The quantitative estimate of drug-likeness (QED) is 0.754. The van der Waals surface area contributed by atoms with Gasteiger partial charge >= 0.3 is 5.69 Å². The Kier molecular flexibility index (Phi) is 2.94. The van der Waals surface area contributed by atoms with Crippen molar-refractivity contribution in [2.24, 2.45) is 0 Å². The van der Waals surface area contributed by atoms with E-state index in [2.05, 4.69) is 15.0 Å². The number of nitrogens with one attached hydrogen (secondary N) is 2. The lowest BCUT2D eigenvalue weighted by Gasteiger charge is -2.00. The van der Waals surface area contributed by atoms with Crippen molar-refractivity contribution in [2.45, 2.75) is 13.5 Å². The van der Waals surface area contributed by atoms with Crippen LogP contribution >= 0.6 is 11.6 Å². The lowest BCUT2D eigenvalue weighted by molar-refractivity contribution is 0.720. The zero-order chi connectivity index (χ0) is 14.3. The highest BCUT2D eigenvalue weighted by Crippen LogP contribution is 2.25. The van der Waals surface area contributed by atoms with Crippen LogP contribution in [0.4, 0.5) is 0 Å². The molecule has 0 radical (unpaired) electrons. The maximum absolute atomic E-state index is 11.8. The fourth-order valence-corrected chi connectivity index (χ4v) is 2.34. The third kappa shape index (κ3) is 1.85. The summed E-state index contributed by atoms with van der Waals surface area (Å²) in [5.41, 5.74) is 0.320. The fourth-order valence-electron chi connectivity index (χ4n) is 2.12. The monoisotopic (exact) mass is 290 g/mol. The van der Waals surface area contributed by atoms with Crippen LogP contribution in [0.1, 0.15) is 6.92 Å². The Morgan fingerprint density at radius 2 is 2.00 bits per heavy atom. The number of hydrogen-bond donors (Lipinski definition) is 2. The van der Waals surface area contributed by atoms with Gasteiger partial charge in [0.2, 0.25) is 0 Å². The van der Waals surface area contributed by atoms with Crippen LogP contribution in [0, 0.1) is 0 Å². The number of aryl methyl sites for hydroxylation is 1. The minimum Gasteiger partial charge on any atom is -0.332 e. The molecule has 2 aromatic heterocycles. The predicted octanol–water partition coefficient (Wildman–Crippen LogP) is 1.75. The summed E-state index contributed by atoms with van der Waals surface area (Å²) >= 11 is 6.12. The van der Waals surface area contributed by atoms with Crippen molar-refractivity contribution < 1.29 is 0 Å². The van der Waals surface area contributed by atoms with Crippen molar-refractivity contribution in [3.63, 3.8) is 0 Å². The van der Waals surface area contributed by atoms with Gasteiger partial charge in [-0.15, -0.1) is 0 Å². The summed E-state index contributed by atoms with van der Waals surface area (Å²) in [6.07, 6.45) is 0. The molecule has 0 aliphatic heterocycles. The molecule has 20 heavy (non-hydrogen) atoms. The Morgan fingerprint density at radius 1 is 1.25 bits per heavy atom. The molecule has 0 unspecified atom stereocenters. The van der Waals surface area contributed by atoms with Gasteiger partial charge in [0, 0.05) is 12.1 Å². The highest BCUT2D eigenvalue weighted by atomic mass is 35.5. The van der Waals surface area contributed by atoms with Crippen LogP contribution < -0.4 is 11.2 Å². The van der Waals surface area contributed by atoms with E-state index in [1.54, 1.807) is 12.1 Å². The molecule has 0 aliphatic carbocycles. The summed E-state index contributed by atoms with van der Waals surface area (Å²) in [5, 5.41) is 0.522. The second-order valence-corrected chi connectivity index (χ2v) is 4.67. The fraction of sp³-hybridized carbons (Fsp3) is 0.154. The third-order valence-corrected chi connectivity index (χ3v) is 3.41. The second-order valence-electron chi connectivity index (χ2n) is 4.27. The van der Waals surface area contributed by atoms with Crippen LogP contribution in [0.3, 0.4) is 0 Å². The number of aromatic amines is 2. The van der Waals surface area contributed by atoms with Crippen LogP contribution in [-0.4, -0.2) is 19.5 Å². The standard InChI is InChI=1S/C13H11ClN4O2/c1-2-18-11-9(12(19)17-13(18)20)15-10(16-11)7-5-3-4-6-8(7)14/h3-6H,2H2,1H3,(H,15,16)(H,17,19,20). The number of hydrogen-bond acceptors (Lipinski definition) is 3. The molecule has 2 N–H and O–H groups in total. The largest absolute Gasteiger partial charge is 0.332 e. The van der Waals surface area contributed by atoms with Crippen molar-refractivity contribution in [2.75, 3.05) is 0 Å². The van der Waals surface area contributed by atoms with Gasteiger partial charge in [-0.2, -0.15) is 0 Å². The predicted molar refractivity (Wildman–Crippen MR) is 77.1 cm³/mol. The molecule has 102 valence electrons. The van der Waals surface area contributed by atoms with E-state index in [9.17, 15) is 9.59 Å².